The van der Waals surface area contributed by atoms with E-state index in [4.69, 9.17) is 4.74 Å². The van der Waals surface area contributed by atoms with Crippen molar-refractivity contribution in [3.63, 3.8) is 0 Å². The maximum Gasteiger partial charge on any atom is 0.226 e. The maximum atomic E-state index is 12.9. The molecule has 1 N–H and O–H groups in total. The number of nitrogens with one attached hydrogen (secondary N) is 1. The first-order chi connectivity index (χ1) is 12.6. The molecule has 5 nitrogen and oxygen atoms in total. The molecule has 2 aliphatic heterocycles. The fourth-order valence-corrected chi connectivity index (χ4v) is 4.75. The Labute approximate surface area is 167 Å². The highest BCUT2D eigenvalue weighted by molar-refractivity contribution is 5.98. The van der Waals surface area contributed by atoms with E-state index < -0.39 is 0 Å². The van der Waals surface area contributed by atoms with Gasteiger partial charge in [-0.1, -0.05) is 0 Å². The van der Waals surface area contributed by atoms with E-state index in [1.165, 1.54) is 0 Å². The van der Waals surface area contributed by atoms with Crippen LogP contribution in [0.1, 0.15) is 42.5 Å². The van der Waals surface area contributed by atoms with E-state index in [0.29, 0.717) is 5.91 Å². The van der Waals surface area contributed by atoms with Crippen LogP contribution >= 0.6 is 12.4 Å². The highest BCUT2D eigenvalue weighted by Crippen LogP contribution is 2.59. The molecule has 1 atom stereocenters. The molecule has 1 unspecified atom stereocenters. The molecule has 2 heterocycles. The Morgan fingerprint density at radius 3 is 2.33 bits per heavy atom. The Bertz CT molecular complexity index is 677. The smallest absolute Gasteiger partial charge is 0.226 e. The average Bonchev–Trinajstić information content (AvgIpc) is 3.40. The summed E-state index contributed by atoms with van der Waals surface area (Å²) in [5.74, 6) is 1.56. The number of hydrogen-bond acceptors (Lipinski definition) is 4. The van der Waals surface area contributed by atoms with Gasteiger partial charge in [0.25, 0.3) is 0 Å². The van der Waals surface area contributed by atoms with E-state index in [1.807, 2.05) is 29.2 Å². The number of methoxy groups -OCH3 is 1. The van der Waals surface area contributed by atoms with Crippen LogP contribution in [0.3, 0.4) is 0 Å². The van der Waals surface area contributed by atoms with Gasteiger partial charge in [-0.2, -0.15) is 0 Å². The number of rotatable bonds is 4. The summed E-state index contributed by atoms with van der Waals surface area (Å²) >= 11 is 0. The number of ether oxygens (including phenoxy) is 1. The predicted octanol–water partition coefficient (Wildman–Crippen LogP) is 2.93. The van der Waals surface area contributed by atoms with E-state index in [-0.39, 0.29) is 35.4 Å². The molecule has 0 bridgehead atoms. The van der Waals surface area contributed by atoms with Gasteiger partial charge in [0.1, 0.15) is 5.75 Å². The topological polar surface area (TPSA) is 58.6 Å². The van der Waals surface area contributed by atoms with Crippen LogP contribution in [-0.2, 0) is 4.79 Å². The van der Waals surface area contributed by atoms with Crippen molar-refractivity contribution in [1.29, 1.82) is 0 Å². The molecule has 2 saturated heterocycles. The summed E-state index contributed by atoms with van der Waals surface area (Å²) in [7, 11) is 1.62. The normalized spacial score (nSPS) is 24.2. The molecule has 4 rings (SSSR count). The van der Waals surface area contributed by atoms with Gasteiger partial charge in [-0.3, -0.25) is 9.59 Å². The number of amides is 1. The van der Waals surface area contributed by atoms with Crippen LogP contribution < -0.4 is 10.1 Å². The van der Waals surface area contributed by atoms with Crippen LogP contribution in [0.4, 0.5) is 0 Å². The van der Waals surface area contributed by atoms with E-state index >= 15 is 0 Å². The molecule has 1 aromatic carbocycles. The van der Waals surface area contributed by atoms with Crippen molar-refractivity contribution < 1.29 is 14.3 Å². The summed E-state index contributed by atoms with van der Waals surface area (Å²) < 4.78 is 5.15. The Hall–Kier alpha value is -1.59. The number of likely N-dealkylation sites (tertiary alicyclic amines) is 1. The third-order valence-corrected chi connectivity index (χ3v) is 6.64. The number of Topliss-reactive ketones (excluding diaryl/α,β-unsaturated/α-hetero) is 1. The number of carbonyl (C=O) groups is 2. The van der Waals surface area contributed by atoms with Crippen molar-refractivity contribution in [2.24, 2.45) is 17.3 Å². The summed E-state index contributed by atoms with van der Waals surface area (Å²) in [5.41, 5.74) is 1.03. The summed E-state index contributed by atoms with van der Waals surface area (Å²) in [6.07, 6.45) is 4.89. The maximum absolute atomic E-state index is 12.9. The van der Waals surface area contributed by atoms with Crippen LogP contribution in [-0.4, -0.2) is 49.9 Å². The predicted molar refractivity (Wildman–Crippen MR) is 107 cm³/mol. The zero-order valence-corrected chi connectivity index (χ0v) is 16.7. The van der Waals surface area contributed by atoms with Crippen LogP contribution in [0.15, 0.2) is 24.3 Å². The molecule has 27 heavy (non-hydrogen) atoms. The molecule has 1 amide bonds. The van der Waals surface area contributed by atoms with E-state index in [1.54, 1.807) is 7.11 Å². The van der Waals surface area contributed by atoms with Gasteiger partial charge in [0.05, 0.1) is 7.11 Å². The molecule has 3 fully saturated rings. The Balaban J connectivity index is 0.00000210. The number of halogens is 1. The average molecular weight is 393 g/mol. The van der Waals surface area contributed by atoms with E-state index in [0.717, 1.165) is 69.6 Å². The molecule has 6 heteroatoms. The number of ketones is 1. The van der Waals surface area contributed by atoms with Gasteiger partial charge >= 0.3 is 0 Å². The first-order valence-corrected chi connectivity index (χ1v) is 9.81. The van der Waals surface area contributed by atoms with Gasteiger partial charge in [-0.05, 0) is 74.9 Å². The lowest BCUT2D eigenvalue weighted by molar-refractivity contribution is -0.134. The minimum absolute atomic E-state index is 0. The van der Waals surface area contributed by atoms with Gasteiger partial charge in [-0.25, -0.2) is 0 Å². The second kappa shape index (κ2) is 8.19. The molecule has 0 aromatic heterocycles. The van der Waals surface area contributed by atoms with Crippen LogP contribution in [0.2, 0.25) is 0 Å². The summed E-state index contributed by atoms with van der Waals surface area (Å²) in [6, 6.07) is 7.34. The molecule has 3 aliphatic rings. The number of nitrogens with zero attached hydrogens (tertiary/aromatic N) is 1. The molecule has 1 aromatic rings. The third kappa shape index (κ3) is 3.99. The lowest BCUT2D eigenvalue weighted by Gasteiger charge is -2.32. The number of benzene rings is 1. The largest absolute Gasteiger partial charge is 0.497 e. The highest BCUT2D eigenvalue weighted by Gasteiger charge is 2.58. The van der Waals surface area contributed by atoms with Gasteiger partial charge in [0.15, 0.2) is 5.78 Å². The molecule has 0 radical (unpaired) electrons. The molecular weight excluding hydrogens is 364 g/mol. The third-order valence-electron chi connectivity index (χ3n) is 6.64. The first-order valence-electron chi connectivity index (χ1n) is 9.81. The van der Waals surface area contributed by atoms with E-state index in [2.05, 4.69) is 5.32 Å². The van der Waals surface area contributed by atoms with Crippen molar-refractivity contribution in [1.82, 2.24) is 10.2 Å². The molecule has 1 saturated carbocycles. The minimum atomic E-state index is 0. The number of piperidine rings is 2. The lowest BCUT2D eigenvalue weighted by atomic mass is 9.88. The Kier molecular flexibility index (Phi) is 6.11. The fraction of sp³-hybridized carbons (Fsp3) is 0.619. The quantitative estimate of drug-likeness (QED) is 0.800. The van der Waals surface area contributed by atoms with Gasteiger partial charge in [0.2, 0.25) is 5.91 Å². The molecule has 148 valence electrons. The van der Waals surface area contributed by atoms with Crippen molar-refractivity contribution in [2.75, 3.05) is 33.3 Å². The van der Waals surface area contributed by atoms with Gasteiger partial charge < -0.3 is 15.0 Å². The molecular formula is C21H29ClN2O3. The second-order valence-electron chi connectivity index (χ2n) is 8.06. The SMILES string of the molecule is COc1ccc(C(=O)C2CCN(C(=O)C3CC34CCNCC4)CC2)cc1.Cl. The van der Waals surface area contributed by atoms with Gasteiger partial charge in [0, 0.05) is 30.5 Å². The highest BCUT2D eigenvalue weighted by atomic mass is 35.5. The lowest BCUT2D eigenvalue weighted by Crippen LogP contribution is -2.42. The van der Waals surface area contributed by atoms with Crippen LogP contribution in [0.25, 0.3) is 0 Å². The monoisotopic (exact) mass is 392 g/mol. The van der Waals surface area contributed by atoms with Crippen LogP contribution in [0.5, 0.6) is 5.75 Å². The standard InChI is InChI=1S/C21H28N2O3.ClH/c1-26-17-4-2-15(3-5-17)19(24)16-6-12-23(13-7-16)20(25)18-14-21(18)8-10-22-11-9-21;/h2-5,16,18,22H,6-14H2,1H3;1H. The van der Waals surface area contributed by atoms with E-state index in [9.17, 15) is 9.59 Å². The molecule has 1 aliphatic carbocycles. The van der Waals surface area contributed by atoms with Crippen molar-refractivity contribution in [3.05, 3.63) is 29.8 Å². The second-order valence-corrected chi connectivity index (χ2v) is 8.06. The fourth-order valence-electron chi connectivity index (χ4n) is 4.75. The zero-order valence-electron chi connectivity index (χ0n) is 15.9. The number of carbonyl (C=O) groups excluding carboxylic acids is 2. The zero-order chi connectivity index (χ0) is 18.1. The number of hydrogen-bond donors (Lipinski definition) is 1. The van der Waals surface area contributed by atoms with Crippen molar-refractivity contribution in [2.45, 2.75) is 32.1 Å². The van der Waals surface area contributed by atoms with Crippen molar-refractivity contribution >= 4 is 24.1 Å². The van der Waals surface area contributed by atoms with Crippen LogP contribution in [0, 0.1) is 17.3 Å². The first kappa shape index (κ1) is 20.2. The Morgan fingerprint density at radius 1 is 1.11 bits per heavy atom. The van der Waals surface area contributed by atoms with Gasteiger partial charge in [-0.15, -0.1) is 12.4 Å². The minimum Gasteiger partial charge on any atom is -0.497 e. The Morgan fingerprint density at radius 2 is 1.74 bits per heavy atom. The summed E-state index contributed by atoms with van der Waals surface area (Å²) in [4.78, 5) is 27.6. The summed E-state index contributed by atoms with van der Waals surface area (Å²) in [5, 5.41) is 3.39. The van der Waals surface area contributed by atoms with Crippen molar-refractivity contribution in [3.8, 4) is 5.75 Å². The summed E-state index contributed by atoms with van der Waals surface area (Å²) in [6.45, 7) is 3.52. The molecule has 1 spiro atoms.